The smallest absolute Gasteiger partial charge is 0.0614 e. The summed E-state index contributed by atoms with van der Waals surface area (Å²) in [6, 6.07) is 0. The van der Waals surface area contributed by atoms with Crippen molar-refractivity contribution in [3.8, 4) is 0 Å². The molecule has 0 aromatic rings. The van der Waals surface area contributed by atoms with Gasteiger partial charge in [-0.3, -0.25) is 0 Å². The molecule has 1 nitrogen and oxygen atoms in total. The third kappa shape index (κ3) is 9.47. The van der Waals surface area contributed by atoms with Crippen LogP contribution in [0.3, 0.4) is 0 Å². The topological polar surface area (TPSA) is 20.2 Å². The summed E-state index contributed by atoms with van der Waals surface area (Å²) in [5.41, 5.74) is 3.85. The quantitative estimate of drug-likeness (QED) is 0.526. The highest BCUT2D eigenvalue weighted by Gasteiger charge is 1.88. The van der Waals surface area contributed by atoms with E-state index in [0.29, 0.717) is 0 Å². The van der Waals surface area contributed by atoms with Crippen LogP contribution in [0.15, 0.2) is 47.1 Å². The Morgan fingerprint density at radius 2 is 1.75 bits per heavy atom. The fourth-order valence-electron chi connectivity index (χ4n) is 1.25. The summed E-state index contributed by atoms with van der Waals surface area (Å²) < 4.78 is 0. The molecule has 0 aliphatic rings. The molecule has 0 heterocycles. The molecule has 1 heteroatoms. The Hall–Kier alpha value is -1.08. The van der Waals surface area contributed by atoms with Gasteiger partial charge >= 0.3 is 0 Å². The van der Waals surface area contributed by atoms with Gasteiger partial charge in [0, 0.05) is 0 Å². The predicted molar refractivity (Wildman–Crippen MR) is 72.4 cm³/mol. The lowest BCUT2D eigenvalue weighted by molar-refractivity contribution is 0.341. The molecule has 0 aromatic heterocycles. The van der Waals surface area contributed by atoms with E-state index in [2.05, 4.69) is 52.0 Å². The number of allylic oxidation sites excluding steroid dienone is 7. The molecule has 0 saturated carbocycles. The van der Waals surface area contributed by atoms with Crippen molar-refractivity contribution in [2.45, 2.75) is 40.5 Å². The van der Waals surface area contributed by atoms with Crippen LogP contribution < -0.4 is 0 Å². The molecule has 0 rings (SSSR count). The lowest BCUT2D eigenvalue weighted by Crippen LogP contribution is -1.80. The maximum atomic E-state index is 8.70. The summed E-state index contributed by atoms with van der Waals surface area (Å²) in [7, 11) is 0. The van der Waals surface area contributed by atoms with Crippen molar-refractivity contribution in [2.75, 3.05) is 6.61 Å². The Bertz CT molecular complexity index is 299. The molecule has 0 bridgehead atoms. The van der Waals surface area contributed by atoms with E-state index in [4.69, 9.17) is 5.11 Å². The standard InChI is InChI=1S/C15H24O/c1-13(2)7-5-8-14(3)9-6-10-15(4)11-12-16/h5,7-9,11,16H,6,10,12H2,1-4H3. The normalized spacial score (nSPS) is 13.3. The van der Waals surface area contributed by atoms with E-state index < -0.39 is 0 Å². The third-order valence-corrected chi connectivity index (χ3v) is 2.23. The molecular weight excluding hydrogens is 196 g/mol. The molecule has 0 aromatic carbocycles. The molecule has 90 valence electrons. The van der Waals surface area contributed by atoms with Gasteiger partial charge < -0.3 is 5.11 Å². The maximum absolute atomic E-state index is 8.70. The van der Waals surface area contributed by atoms with Gasteiger partial charge in [-0.25, -0.2) is 0 Å². The van der Waals surface area contributed by atoms with Crippen LogP contribution in [0.2, 0.25) is 0 Å². The molecule has 0 spiro atoms. The molecule has 0 fully saturated rings. The summed E-state index contributed by atoms with van der Waals surface area (Å²) in [5, 5.41) is 8.70. The summed E-state index contributed by atoms with van der Waals surface area (Å²) >= 11 is 0. The molecule has 0 aliphatic carbocycles. The highest BCUT2D eigenvalue weighted by Crippen LogP contribution is 2.07. The number of aliphatic hydroxyl groups is 1. The van der Waals surface area contributed by atoms with Crippen LogP contribution in [0, 0.1) is 0 Å². The average molecular weight is 220 g/mol. The predicted octanol–water partition coefficient (Wildman–Crippen LogP) is 4.17. The minimum absolute atomic E-state index is 0.148. The fourth-order valence-corrected chi connectivity index (χ4v) is 1.25. The van der Waals surface area contributed by atoms with Gasteiger partial charge in [-0.15, -0.1) is 0 Å². The first-order chi connectivity index (χ1) is 7.56. The number of rotatable bonds is 6. The first-order valence-electron chi connectivity index (χ1n) is 5.81. The molecular formula is C15H24O. The van der Waals surface area contributed by atoms with Gasteiger partial charge in [0.25, 0.3) is 0 Å². The lowest BCUT2D eigenvalue weighted by atomic mass is 10.1. The SMILES string of the molecule is CC(C)=CC=CC(C)=CCCC(C)=CCO. The van der Waals surface area contributed by atoms with Gasteiger partial charge in [0.05, 0.1) is 6.61 Å². The molecule has 0 radical (unpaired) electrons. The van der Waals surface area contributed by atoms with Crippen molar-refractivity contribution in [2.24, 2.45) is 0 Å². The van der Waals surface area contributed by atoms with E-state index >= 15 is 0 Å². The van der Waals surface area contributed by atoms with Crippen LogP contribution in [0.1, 0.15) is 40.5 Å². The van der Waals surface area contributed by atoms with Crippen molar-refractivity contribution in [3.05, 3.63) is 47.1 Å². The average Bonchev–Trinajstić information content (AvgIpc) is 2.17. The van der Waals surface area contributed by atoms with E-state index in [9.17, 15) is 0 Å². The summed E-state index contributed by atoms with van der Waals surface area (Å²) in [4.78, 5) is 0. The first kappa shape index (κ1) is 14.9. The van der Waals surface area contributed by atoms with Gasteiger partial charge in [0.1, 0.15) is 0 Å². The lowest BCUT2D eigenvalue weighted by Gasteiger charge is -1.97. The van der Waals surface area contributed by atoms with Crippen molar-refractivity contribution in [3.63, 3.8) is 0 Å². The molecule has 0 amide bonds. The second kappa shape index (κ2) is 9.17. The van der Waals surface area contributed by atoms with Crippen LogP contribution in [-0.4, -0.2) is 11.7 Å². The third-order valence-electron chi connectivity index (χ3n) is 2.23. The van der Waals surface area contributed by atoms with Gasteiger partial charge in [-0.05, 0) is 40.5 Å². The second-order valence-electron chi connectivity index (χ2n) is 4.32. The largest absolute Gasteiger partial charge is 0.392 e. The van der Waals surface area contributed by atoms with Crippen molar-refractivity contribution < 1.29 is 5.11 Å². The van der Waals surface area contributed by atoms with E-state index in [0.717, 1.165) is 12.8 Å². The molecule has 16 heavy (non-hydrogen) atoms. The number of hydrogen-bond donors (Lipinski definition) is 1. The van der Waals surface area contributed by atoms with E-state index in [1.54, 1.807) is 0 Å². The molecule has 1 N–H and O–H groups in total. The minimum Gasteiger partial charge on any atom is -0.392 e. The molecule has 0 aliphatic heterocycles. The zero-order chi connectivity index (χ0) is 12.4. The van der Waals surface area contributed by atoms with Crippen LogP contribution >= 0.6 is 0 Å². The van der Waals surface area contributed by atoms with Crippen LogP contribution in [0.4, 0.5) is 0 Å². The highest BCUT2D eigenvalue weighted by molar-refractivity contribution is 5.21. The van der Waals surface area contributed by atoms with Crippen LogP contribution in [-0.2, 0) is 0 Å². The zero-order valence-electron chi connectivity index (χ0n) is 11.0. The minimum atomic E-state index is 0.148. The Morgan fingerprint density at radius 1 is 1.06 bits per heavy atom. The highest BCUT2D eigenvalue weighted by atomic mass is 16.2. The fraction of sp³-hybridized carbons (Fsp3) is 0.467. The number of hydrogen-bond acceptors (Lipinski definition) is 1. The summed E-state index contributed by atoms with van der Waals surface area (Å²) in [6.45, 7) is 8.49. The molecule has 0 unspecified atom stereocenters. The summed E-state index contributed by atoms with van der Waals surface area (Å²) in [5.74, 6) is 0. The monoisotopic (exact) mass is 220 g/mol. The van der Waals surface area contributed by atoms with E-state index in [-0.39, 0.29) is 6.61 Å². The van der Waals surface area contributed by atoms with Crippen molar-refractivity contribution in [1.29, 1.82) is 0 Å². The second-order valence-corrected chi connectivity index (χ2v) is 4.32. The van der Waals surface area contributed by atoms with Crippen molar-refractivity contribution in [1.82, 2.24) is 0 Å². The Labute approximate surface area is 99.9 Å². The molecule has 0 saturated heterocycles. The summed E-state index contributed by atoms with van der Waals surface area (Å²) in [6.07, 6.45) is 12.5. The van der Waals surface area contributed by atoms with Gasteiger partial charge in [0.2, 0.25) is 0 Å². The van der Waals surface area contributed by atoms with Crippen LogP contribution in [0.5, 0.6) is 0 Å². The number of aliphatic hydroxyl groups excluding tert-OH is 1. The van der Waals surface area contributed by atoms with Gasteiger partial charge in [-0.2, -0.15) is 0 Å². The zero-order valence-corrected chi connectivity index (χ0v) is 11.0. The van der Waals surface area contributed by atoms with E-state index in [1.165, 1.54) is 16.7 Å². The Morgan fingerprint density at radius 3 is 2.31 bits per heavy atom. The van der Waals surface area contributed by atoms with Gasteiger partial charge in [-0.1, -0.05) is 47.1 Å². The maximum Gasteiger partial charge on any atom is 0.0614 e. The first-order valence-corrected chi connectivity index (χ1v) is 5.81. The van der Waals surface area contributed by atoms with Crippen LogP contribution in [0.25, 0.3) is 0 Å². The Kier molecular flexibility index (Phi) is 8.55. The van der Waals surface area contributed by atoms with Gasteiger partial charge in [0.15, 0.2) is 0 Å². The van der Waals surface area contributed by atoms with E-state index in [1.807, 2.05) is 6.08 Å². The Balaban J connectivity index is 4.01. The molecule has 0 atom stereocenters. The van der Waals surface area contributed by atoms with Crippen molar-refractivity contribution >= 4 is 0 Å².